The van der Waals surface area contributed by atoms with Crippen LogP contribution in [-0.4, -0.2) is 44.6 Å². The fourth-order valence-electron chi connectivity index (χ4n) is 2.31. The predicted molar refractivity (Wildman–Crippen MR) is 89.1 cm³/mol. The van der Waals surface area contributed by atoms with Gasteiger partial charge in [0.1, 0.15) is 0 Å². The summed E-state index contributed by atoms with van der Waals surface area (Å²) in [5.41, 5.74) is 6.36. The standard InChI is InChI=1S/C16H25N5O2/c1-12(2)13(17)7-10-19(3)15(22)8-11-21-16(23)20-9-5-4-6-14(20)18-21/h4-6,9,12-13H,7-8,10-11,17H2,1-3H3. The van der Waals surface area contributed by atoms with E-state index in [2.05, 4.69) is 18.9 Å². The minimum atomic E-state index is -0.224. The molecule has 23 heavy (non-hydrogen) atoms. The first-order valence-corrected chi connectivity index (χ1v) is 7.94. The van der Waals surface area contributed by atoms with Crippen LogP contribution in [0.25, 0.3) is 5.65 Å². The van der Waals surface area contributed by atoms with Crippen LogP contribution in [-0.2, 0) is 11.3 Å². The van der Waals surface area contributed by atoms with Crippen LogP contribution in [0.1, 0.15) is 26.7 Å². The maximum atomic E-state index is 12.2. The molecule has 1 atom stereocenters. The molecular formula is C16H25N5O2. The summed E-state index contributed by atoms with van der Waals surface area (Å²) in [6.07, 6.45) is 2.69. The molecule has 0 spiro atoms. The van der Waals surface area contributed by atoms with Crippen LogP contribution in [0, 0.1) is 5.92 Å². The molecule has 0 radical (unpaired) electrons. The normalized spacial score (nSPS) is 12.7. The molecule has 1 amide bonds. The highest BCUT2D eigenvalue weighted by molar-refractivity contribution is 5.75. The predicted octanol–water partition coefficient (Wildman–Crippen LogP) is 0.718. The van der Waals surface area contributed by atoms with E-state index < -0.39 is 0 Å². The Morgan fingerprint density at radius 2 is 2.13 bits per heavy atom. The molecule has 0 saturated heterocycles. The Bertz CT molecular complexity index is 719. The zero-order valence-corrected chi connectivity index (χ0v) is 14.0. The third kappa shape index (κ3) is 4.19. The number of nitrogens with zero attached hydrogens (tertiary/aromatic N) is 4. The van der Waals surface area contributed by atoms with Crippen LogP contribution < -0.4 is 11.4 Å². The first kappa shape index (κ1) is 17.2. The van der Waals surface area contributed by atoms with Gasteiger partial charge in [0.15, 0.2) is 5.65 Å². The van der Waals surface area contributed by atoms with Gasteiger partial charge in [-0.25, -0.2) is 9.48 Å². The number of nitrogens with two attached hydrogens (primary N) is 1. The molecule has 2 heterocycles. The van der Waals surface area contributed by atoms with E-state index in [1.165, 1.54) is 9.08 Å². The molecule has 2 N–H and O–H groups in total. The minimum absolute atomic E-state index is 0.00934. The summed E-state index contributed by atoms with van der Waals surface area (Å²) in [5.74, 6) is 0.389. The van der Waals surface area contributed by atoms with Crippen LogP contribution in [0.15, 0.2) is 29.2 Å². The quantitative estimate of drug-likeness (QED) is 0.815. The van der Waals surface area contributed by atoms with Crippen LogP contribution in [0.5, 0.6) is 0 Å². The van der Waals surface area contributed by atoms with Gasteiger partial charge < -0.3 is 10.6 Å². The molecule has 0 aliphatic carbocycles. The second kappa shape index (κ2) is 7.41. The zero-order valence-electron chi connectivity index (χ0n) is 14.0. The topological polar surface area (TPSA) is 85.6 Å². The van der Waals surface area contributed by atoms with Crippen molar-refractivity contribution in [1.29, 1.82) is 0 Å². The largest absolute Gasteiger partial charge is 0.350 e. The monoisotopic (exact) mass is 319 g/mol. The van der Waals surface area contributed by atoms with Crippen molar-refractivity contribution in [2.75, 3.05) is 13.6 Å². The molecule has 7 heteroatoms. The zero-order chi connectivity index (χ0) is 17.0. The highest BCUT2D eigenvalue weighted by Crippen LogP contribution is 2.04. The summed E-state index contributed by atoms with van der Waals surface area (Å²) in [4.78, 5) is 26.0. The van der Waals surface area contributed by atoms with Gasteiger partial charge in [0.2, 0.25) is 5.91 Å². The molecule has 1 unspecified atom stereocenters. The molecule has 0 fully saturated rings. The smallest absolute Gasteiger partial charge is 0.346 e. The average molecular weight is 319 g/mol. The number of fused-ring (bicyclic) bond motifs is 1. The Morgan fingerprint density at radius 3 is 2.78 bits per heavy atom. The highest BCUT2D eigenvalue weighted by Gasteiger charge is 2.14. The Kier molecular flexibility index (Phi) is 5.54. The lowest BCUT2D eigenvalue weighted by molar-refractivity contribution is -0.130. The van der Waals surface area contributed by atoms with E-state index in [-0.39, 0.29) is 30.6 Å². The lowest BCUT2D eigenvalue weighted by Crippen LogP contribution is -2.35. The van der Waals surface area contributed by atoms with E-state index >= 15 is 0 Å². The summed E-state index contributed by atoms with van der Waals surface area (Å²) < 4.78 is 2.80. The maximum absolute atomic E-state index is 12.2. The summed E-state index contributed by atoms with van der Waals surface area (Å²) in [7, 11) is 1.77. The van der Waals surface area contributed by atoms with Crippen LogP contribution in [0.2, 0.25) is 0 Å². The van der Waals surface area contributed by atoms with Crippen molar-refractivity contribution in [1.82, 2.24) is 19.1 Å². The number of carbonyl (C=O) groups is 1. The van der Waals surface area contributed by atoms with Gasteiger partial charge in [-0.2, -0.15) is 0 Å². The maximum Gasteiger partial charge on any atom is 0.350 e. The van der Waals surface area contributed by atoms with Gasteiger partial charge in [0, 0.05) is 32.3 Å². The first-order valence-electron chi connectivity index (χ1n) is 7.94. The SMILES string of the molecule is CC(C)C(N)CCN(C)C(=O)CCn1nc2ccccn2c1=O. The van der Waals surface area contributed by atoms with Crippen molar-refractivity contribution in [3.05, 3.63) is 34.9 Å². The Labute approximate surface area is 135 Å². The van der Waals surface area contributed by atoms with Gasteiger partial charge >= 0.3 is 5.69 Å². The molecule has 2 aromatic heterocycles. The number of aryl methyl sites for hydroxylation is 1. The molecule has 2 rings (SSSR count). The molecule has 7 nitrogen and oxygen atoms in total. The minimum Gasteiger partial charge on any atom is -0.346 e. The lowest BCUT2D eigenvalue weighted by atomic mass is 10.0. The molecule has 0 aromatic carbocycles. The van der Waals surface area contributed by atoms with E-state index in [0.29, 0.717) is 18.1 Å². The molecule has 0 bridgehead atoms. The van der Waals surface area contributed by atoms with Gasteiger partial charge in [-0.3, -0.25) is 9.20 Å². The van der Waals surface area contributed by atoms with Crippen LogP contribution in [0.3, 0.4) is 0 Å². The Morgan fingerprint density at radius 1 is 1.39 bits per heavy atom. The van der Waals surface area contributed by atoms with Crippen molar-refractivity contribution in [2.24, 2.45) is 11.7 Å². The van der Waals surface area contributed by atoms with Crippen LogP contribution in [0.4, 0.5) is 0 Å². The van der Waals surface area contributed by atoms with E-state index in [1.54, 1.807) is 30.3 Å². The van der Waals surface area contributed by atoms with Gasteiger partial charge in [0.05, 0.1) is 6.54 Å². The highest BCUT2D eigenvalue weighted by atomic mass is 16.2. The molecule has 2 aromatic rings. The van der Waals surface area contributed by atoms with E-state index in [1.807, 2.05) is 6.07 Å². The van der Waals surface area contributed by atoms with Gasteiger partial charge in [-0.1, -0.05) is 19.9 Å². The molecule has 0 aliphatic rings. The molecule has 126 valence electrons. The summed E-state index contributed by atoms with van der Waals surface area (Å²) in [6.45, 7) is 5.04. The van der Waals surface area contributed by atoms with E-state index in [0.717, 1.165) is 6.42 Å². The van der Waals surface area contributed by atoms with Gasteiger partial charge in [-0.05, 0) is 24.5 Å². The number of carbonyl (C=O) groups excluding carboxylic acids is 1. The molecule has 0 saturated carbocycles. The molecule has 0 aliphatic heterocycles. The fourth-order valence-corrected chi connectivity index (χ4v) is 2.31. The Balaban J connectivity index is 1.90. The van der Waals surface area contributed by atoms with Crippen molar-refractivity contribution < 1.29 is 4.79 Å². The average Bonchev–Trinajstić information content (AvgIpc) is 2.86. The second-order valence-corrected chi connectivity index (χ2v) is 6.20. The van der Waals surface area contributed by atoms with Gasteiger partial charge in [0.25, 0.3) is 0 Å². The first-order chi connectivity index (χ1) is 10.9. The lowest BCUT2D eigenvalue weighted by Gasteiger charge is -2.21. The fraction of sp³-hybridized carbons (Fsp3) is 0.562. The summed E-state index contributed by atoms with van der Waals surface area (Å²) >= 11 is 0. The number of pyridine rings is 1. The van der Waals surface area contributed by atoms with Crippen molar-refractivity contribution >= 4 is 11.6 Å². The van der Waals surface area contributed by atoms with Gasteiger partial charge in [-0.15, -0.1) is 5.10 Å². The summed E-state index contributed by atoms with van der Waals surface area (Å²) in [5, 5.41) is 4.22. The Hall–Kier alpha value is -2.15. The molecular weight excluding hydrogens is 294 g/mol. The number of amides is 1. The number of hydrogen-bond donors (Lipinski definition) is 1. The number of aromatic nitrogens is 3. The van der Waals surface area contributed by atoms with Crippen molar-refractivity contribution in [3.8, 4) is 0 Å². The van der Waals surface area contributed by atoms with Crippen molar-refractivity contribution in [2.45, 2.75) is 39.3 Å². The van der Waals surface area contributed by atoms with Crippen LogP contribution >= 0.6 is 0 Å². The number of rotatable bonds is 7. The number of hydrogen-bond acceptors (Lipinski definition) is 4. The van der Waals surface area contributed by atoms with Crippen molar-refractivity contribution in [3.63, 3.8) is 0 Å². The van der Waals surface area contributed by atoms with E-state index in [4.69, 9.17) is 5.73 Å². The summed E-state index contributed by atoms with van der Waals surface area (Å²) in [6, 6.07) is 5.45. The third-order valence-corrected chi connectivity index (χ3v) is 4.11. The second-order valence-electron chi connectivity index (χ2n) is 6.20. The third-order valence-electron chi connectivity index (χ3n) is 4.11. The van der Waals surface area contributed by atoms with E-state index in [9.17, 15) is 9.59 Å².